The molecule has 0 radical (unpaired) electrons. The summed E-state index contributed by atoms with van der Waals surface area (Å²) >= 11 is 0. The highest BCUT2D eigenvalue weighted by molar-refractivity contribution is 5.24. The lowest BCUT2D eigenvalue weighted by atomic mass is 10.0. The van der Waals surface area contributed by atoms with Crippen molar-refractivity contribution in [3.63, 3.8) is 0 Å². The summed E-state index contributed by atoms with van der Waals surface area (Å²) in [5.74, 6) is 0.678. The van der Waals surface area contributed by atoms with Gasteiger partial charge in [0.15, 0.2) is 0 Å². The van der Waals surface area contributed by atoms with Gasteiger partial charge in [-0.3, -0.25) is 0 Å². The predicted octanol–water partition coefficient (Wildman–Crippen LogP) is 3.89. The first-order chi connectivity index (χ1) is 6.07. The van der Waals surface area contributed by atoms with Crippen LogP contribution in [0.2, 0.25) is 0 Å². The maximum Gasteiger partial charge on any atom is 0.0277 e. The van der Waals surface area contributed by atoms with Gasteiger partial charge < -0.3 is 4.57 Å². The van der Waals surface area contributed by atoms with Crippen LogP contribution in [0.4, 0.5) is 0 Å². The lowest BCUT2D eigenvalue weighted by Gasteiger charge is -2.18. The third-order valence-corrected chi connectivity index (χ3v) is 2.80. The second-order valence-electron chi connectivity index (χ2n) is 4.19. The van der Waals surface area contributed by atoms with Crippen LogP contribution in [0.3, 0.4) is 0 Å². The van der Waals surface area contributed by atoms with E-state index in [1.165, 1.54) is 17.7 Å². The maximum atomic E-state index is 2.39. The molecule has 1 rings (SSSR count). The van der Waals surface area contributed by atoms with Crippen molar-refractivity contribution < 1.29 is 0 Å². The molecular formula is C12H21N. The minimum atomic E-state index is 0.581. The molecule has 1 atom stereocenters. The first-order valence-electron chi connectivity index (χ1n) is 5.25. The Morgan fingerprint density at radius 3 is 2.38 bits per heavy atom. The van der Waals surface area contributed by atoms with Crippen LogP contribution in [-0.4, -0.2) is 4.57 Å². The molecule has 1 unspecified atom stereocenters. The smallest absolute Gasteiger partial charge is 0.0277 e. The highest BCUT2D eigenvalue weighted by atomic mass is 15.0. The molecule has 1 heteroatoms. The van der Waals surface area contributed by atoms with Crippen LogP contribution in [0.25, 0.3) is 0 Å². The summed E-state index contributed by atoms with van der Waals surface area (Å²) < 4.78 is 2.39. The third-order valence-electron chi connectivity index (χ3n) is 2.80. The van der Waals surface area contributed by atoms with Crippen LogP contribution < -0.4 is 0 Å². The number of hydrogen-bond donors (Lipinski definition) is 0. The number of hydrogen-bond acceptors (Lipinski definition) is 0. The van der Waals surface area contributed by atoms with E-state index in [-0.39, 0.29) is 0 Å². The number of aromatic nitrogens is 1. The van der Waals surface area contributed by atoms with Gasteiger partial charge in [-0.15, -0.1) is 0 Å². The van der Waals surface area contributed by atoms with Gasteiger partial charge in [0.25, 0.3) is 0 Å². The molecule has 0 aliphatic heterocycles. The zero-order valence-corrected chi connectivity index (χ0v) is 9.46. The van der Waals surface area contributed by atoms with Crippen molar-refractivity contribution >= 4 is 0 Å². The molecule has 1 heterocycles. The Bertz CT molecular complexity index is 271. The summed E-state index contributed by atoms with van der Waals surface area (Å²) in [5, 5.41) is 0. The summed E-state index contributed by atoms with van der Waals surface area (Å²) in [5.41, 5.74) is 2.94. The lowest BCUT2D eigenvalue weighted by molar-refractivity contribution is 0.542. The Morgan fingerprint density at radius 2 is 1.92 bits per heavy atom. The SMILES string of the molecule is CCC(C)c1c(C)ccn1C(C)C. The molecule has 0 N–H and O–H groups in total. The number of rotatable bonds is 3. The summed E-state index contributed by atoms with van der Waals surface area (Å²) in [6.07, 6.45) is 3.43. The van der Waals surface area contributed by atoms with Gasteiger partial charge in [-0.2, -0.15) is 0 Å². The van der Waals surface area contributed by atoms with E-state index in [1.54, 1.807) is 0 Å². The summed E-state index contributed by atoms with van der Waals surface area (Å²) in [7, 11) is 0. The molecule has 1 aromatic heterocycles. The largest absolute Gasteiger partial charge is 0.348 e. The van der Waals surface area contributed by atoms with E-state index in [0.717, 1.165) is 0 Å². The van der Waals surface area contributed by atoms with Crippen molar-refractivity contribution in [1.29, 1.82) is 0 Å². The topological polar surface area (TPSA) is 4.93 Å². The van der Waals surface area contributed by atoms with E-state index in [9.17, 15) is 0 Å². The van der Waals surface area contributed by atoms with E-state index in [1.807, 2.05) is 0 Å². The van der Waals surface area contributed by atoms with Crippen LogP contribution in [-0.2, 0) is 0 Å². The Kier molecular flexibility index (Phi) is 3.18. The first-order valence-corrected chi connectivity index (χ1v) is 5.25. The standard InChI is InChI=1S/C12H21N/c1-6-10(4)12-11(5)7-8-13(12)9(2)3/h7-10H,6H2,1-5H3. The second kappa shape index (κ2) is 3.99. The fraction of sp³-hybridized carbons (Fsp3) is 0.667. The molecule has 13 heavy (non-hydrogen) atoms. The number of nitrogens with zero attached hydrogens (tertiary/aromatic N) is 1. The summed E-state index contributed by atoms with van der Waals surface area (Å²) in [6.45, 7) is 11.2. The van der Waals surface area contributed by atoms with E-state index >= 15 is 0 Å². The monoisotopic (exact) mass is 179 g/mol. The molecule has 0 aliphatic carbocycles. The molecule has 1 aromatic rings. The van der Waals surface area contributed by atoms with Gasteiger partial charge in [-0.25, -0.2) is 0 Å². The van der Waals surface area contributed by atoms with E-state index < -0.39 is 0 Å². The molecule has 1 nitrogen and oxygen atoms in total. The second-order valence-corrected chi connectivity index (χ2v) is 4.19. The quantitative estimate of drug-likeness (QED) is 0.663. The molecule has 0 amide bonds. The van der Waals surface area contributed by atoms with Gasteiger partial charge in [0.2, 0.25) is 0 Å². The summed E-state index contributed by atoms with van der Waals surface area (Å²) in [6, 6.07) is 2.80. The highest BCUT2D eigenvalue weighted by Crippen LogP contribution is 2.26. The minimum absolute atomic E-state index is 0.581. The van der Waals surface area contributed by atoms with Crippen molar-refractivity contribution in [2.45, 2.75) is 53.0 Å². The Labute approximate surface area is 81.8 Å². The number of aryl methyl sites for hydroxylation is 1. The average molecular weight is 179 g/mol. The van der Waals surface area contributed by atoms with Crippen molar-refractivity contribution in [3.8, 4) is 0 Å². The van der Waals surface area contributed by atoms with Crippen LogP contribution in [0, 0.1) is 6.92 Å². The van der Waals surface area contributed by atoms with Crippen molar-refractivity contribution in [1.82, 2.24) is 4.57 Å². The molecule has 0 spiro atoms. The molecule has 0 fully saturated rings. The minimum Gasteiger partial charge on any atom is -0.348 e. The van der Waals surface area contributed by atoms with Gasteiger partial charge in [0.1, 0.15) is 0 Å². The third kappa shape index (κ3) is 1.96. The molecule has 0 saturated carbocycles. The summed E-state index contributed by atoms with van der Waals surface area (Å²) in [4.78, 5) is 0. The van der Waals surface area contributed by atoms with E-state index in [0.29, 0.717) is 12.0 Å². The molecule has 0 aliphatic rings. The van der Waals surface area contributed by atoms with Gasteiger partial charge in [-0.1, -0.05) is 13.8 Å². The Hall–Kier alpha value is -0.720. The average Bonchev–Trinajstić information content (AvgIpc) is 2.46. The fourth-order valence-corrected chi connectivity index (χ4v) is 1.85. The highest BCUT2D eigenvalue weighted by Gasteiger charge is 2.13. The van der Waals surface area contributed by atoms with Gasteiger partial charge >= 0.3 is 0 Å². The van der Waals surface area contributed by atoms with Gasteiger partial charge in [-0.05, 0) is 44.7 Å². The fourth-order valence-electron chi connectivity index (χ4n) is 1.85. The normalized spacial score (nSPS) is 13.7. The van der Waals surface area contributed by atoms with Crippen molar-refractivity contribution in [2.75, 3.05) is 0 Å². The van der Waals surface area contributed by atoms with Crippen LogP contribution in [0.1, 0.15) is 57.3 Å². The zero-order chi connectivity index (χ0) is 10.0. The lowest BCUT2D eigenvalue weighted by Crippen LogP contribution is -2.07. The van der Waals surface area contributed by atoms with Crippen LogP contribution >= 0.6 is 0 Å². The van der Waals surface area contributed by atoms with Crippen LogP contribution in [0.15, 0.2) is 12.3 Å². The molecule has 0 bridgehead atoms. The van der Waals surface area contributed by atoms with E-state index in [4.69, 9.17) is 0 Å². The van der Waals surface area contributed by atoms with Crippen molar-refractivity contribution in [3.05, 3.63) is 23.5 Å². The molecule has 0 saturated heterocycles. The van der Waals surface area contributed by atoms with Crippen molar-refractivity contribution in [2.24, 2.45) is 0 Å². The zero-order valence-electron chi connectivity index (χ0n) is 9.46. The maximum absolute atomic E-state index is 2.39. The molecular weight excluding hydrogens is 158 g/mol. The molecule has 74 valence electrons. The Morgan fingerprint density at radius 1 is 1.31 bits per heavy atom. The Balaban J connectivity index is 3.08. The first kappa shape index (κ1) is 10.4. The predicted molar refractivity (Wildman–Crippen MR) is 58.3 cm³/mol. The van der Waals surface area contributed by atoms with Gasteiger partial charge in [0, 0.05) is 17.9 Å². The van der Waals surface area contributed by atoms with Crippen LogP contribution in [0.5, 0.6) is 0 Å². The van der Waals surface area contributed by atoms with Gasteiger partial charge in [0.05, 0.1) is 0 Å². The molecule has 0 aromatic carbocycles. The van der Waals surface area contributed by atoms with E-state index in [2.05, 4.69) is 51.4 Å².